The zero-order valence-corrected chi connectivity index (χ0v) is 19.9. The van der Waals surface area contributed by atoms with Crippen molar-refractivity contribution < 1.29 is 9.26 Å². The fourth-order valence-electron chi connectivity index (χ4n) is 3.32. The van der Waals surface area contributed by atoms with E-state index in [4.69, 9.17) is 14.3 Å². The number of halogens is 1. The Morgan fingerprint density at radius 3 is 2.72 bits per heavy atom. The fourth-order valence-corrected chi connectivity index (χ4v) is 3.32. The minimum Gasteiger partial charge on any atom is -0.490 e. The molecule has 3 rings (SSSR count). The van der Waals surface area contributed by atoms with E-state index in [1.807, 2.05) is 6.92 Å². The van der Waals surface area contributed by atoms with Gasteiger partial charge < -0.3 is 19.9 Å². The van der Waals surface area contributed by atoms with Gasteiger partial charge in [0.05, 0.1) is 12.6 Å². The van der Waals surface area contributed by atoms with E-state index in [9.17, 15) is 0 Å². The molecule has 160 valence electrons. The highest BCUT2D eigenvalue weighted by molar-refractivity contribution is 14.0. The molecule has 1 saturated carbocycles. The van der Waals surface area contributed by atoms with E-state index in [2.05, 4.69) is 52.8 Å². The molecule has 1 aliphatic rings. The first-order valence-electron chi connectivity index (χ1n) is 10.2. The van der Waals surface area contributed by atoms with Crippen LogP contribution in [0, 0.1) is 13.8 Å². The SMILES string of the molecule is CCNC(=NCc1ccc(C)cc1OC1CCCC1)NCCc1nc(C)no1.I. The monoisotopic (exact) mass is 513 g/mol. The third kappa shape index (κ3) is 7.49. The summed E-state index contributed by atoms with van der Waals surface area (Å²) in [5.41, 5.74) is 2.32. The minimum atomic E-state index is 0. The van der Waals surface area contributed by atoms with Crippen LogP contribution in [-0.4, -0.2) is 35.3 Å². The second-order valence-electron chi connectivity index (χ2n) is 7.24. The number of guanidine groups is 1. The van der Waals surface area contributed by atoms with Crippen molar-refractivity contribution in [3.8, 4) is 5.75 Å². The van der Waals surface area contributed by atoms with Crippen LogP contribution in [0.15, 0.2) is 27.7 Å². The zero-order chi connectivity index (χ0) is 19.8. The number of hydrogen-bond acceptors (Lipinski definition) is 5. The van der Waals surface area contributed by atoms with Gasteiger partial charge in [-0.2, -0.15) is 4.98 Å². The Morgan fingerprint density at radius 1 is 1.24 bits per heavy atom. The largest absolute Gasteiger partial charge is 0.490 e. The lowest BCUT2D eigenvalue weighted by atomic mass is 10.1. The Hall–Kier alpha value is -1.84. The standard InChI is InChI=1S/C21H31N5O2.HI/c1-4-22-21(23-12-11-20-25-16(3)26-28-20)24-14-17-10-9-15(2)13-19(17)27-18-7-5-6-8-18;/h9-10,13,18H,4-8,11-12,14H2,1-3H3,(H2,22,23,24);1H. The Labute approximate surface area is 190 Å². The van der Waals surface area contributed by atoms with Crippen LogP contribution in [-0.2, 0) is 13.0 Å². The topological polar surface area (TPSA) is 84.6 Å². The Morgan fingerprint density at radius 2 is 2.03 bits per heavy atom. The molecule has 0 atom stereocenters. The van der Waals surface area contributed by atoms with Crippen LogP contribution in [0.2, 0.25) is 0 Å². The number of aryl methyl sites for hydroxylation is 2. The first-order chi connectivity index (χ1) is 13.6. The lowest BCUT2D eigenvalue weighted by Crippen LogP contribution is -2.38. The van der Waals surface area contributed by atoms with Crippen molar-refractivity contribution in [2.75, 3.05) is 13.1 Å². The summed E-state index contributed by atoms with van der Waals surface area (Å²) >= 11 is 0. The van der Waals surface area contributed by atoms with Gasteiger partial charge in [0, 0.05) is 25.1 Å². The maximum absolute atomic E-state index is 6.28. The summed E-state index contributed by atoms with van der Waals surface area (Å²) in [6.45, 7) is 8.01. The lowest BCUT2D eigenvalue weighted by Gasteiger charge is -2.17. The molecule has 0 unspecified atom stereocenters. The summed E-state index contributed by atoms with van der Waals surface area (Å²) in [5.74, 6) is 3.02. The normalized spacial score (nSPS) is 14.5. The maximum Gasteiger partial charge on any atom is 0.228 e. The molecular weight excluding hydrogens is 481 g/mol. The summed E-state index contributed by atoms with van der Waals surface area (Å²) in [7, 11) is 0. The van der Waals surface area contributed by atoms with Crippen LogP contribution in [0.1, 0.15) is 55.4 Å². The van der Waals surface area contributed by atoms with Crippen molar-refractivity contribution in [3.05, 3.63) is 41.0 Å². The molecule has 1 fully saturated rings. The molecule has 29 heavy (non-hydrogen) atoms. The summed E-state index contributed by atoms with van der Waals surface area (Å²) in [6.07, 6.45) is 5.82. The Balaban J connectivity index is 0.00000300. The van der Waals surface area contributed by atoms with Crippen LogP contribution in [0.4, 0.5) is 0 Å². The molecule has 1 aliphatic carbocycles. The second-order valence-corrected chi connectivity index (χ2v) is 7.24. The number of rotatable bonds is 8. The summed E-state index contributed by atoms with van der Waals surface area (Å²) in [6, 6.07) is 6.36. The third-order valence-electron chi connectivity index (χ3n) is 4.77. The number of hydrogen-bond donors (Lipinski definition) is 2. The zero-order valence-electron chi connectivity index (χ0n) is 17.5. The number of benzene rings is 1. The van der Waals surface area contributed by atoms with E-state index < -0.39 is 0 Å². The molecule has 0 aliphatic heterocycles. The fraction of sp³-hybridized carbons (Fsp3) is 0.571. The molecule has 1 aromatic carbocycles. The number of nitrogens with zero attached hydrogens (tertiary/aromatic N) is 3. The van der Waals surface area contributed by atoms with Gasteiger partial charge in [0.15, 0.2) is 11.8 Å². The molecule has 0 radical (unpaired) electrons. The molecular formula is C21H32IN5O2. The van der Waals surface area contributed by atoms with Gasteiger partial charge in [-0.1, -0.05) is 17.3 Å². The van der Waals surface area contributed by atoms with Crippen molar-refractivity contribution >= 4 is 29.9 Å². The maximum atomic E-state index is 6.28. The average Bonchev–Trinajstić information content (AvgIpc) is 3.32. The van der Waals surface area contributed by atoms with Crippen molar-refractivity contribution in [1.82, 2.24) is 20.8 Å². The van der Waals surface area contributed by atoms with E-state index in [1.165, 1.54) is 18.4 Å². The third-order valence-corrected chi connectivity index (χ3v) is 4.77. The highest BCUT2D eigenvalue weighted by atomic mass is 127. The first-order valence-corrected chi connectivity index (χ1v) is 10.2. The van der Waals surface area contributed by atoms with Crippen LogP contribution in [0.3, 0.4) is 0 Å². The van der Waals surface area contributed by atoms with Gasteiger partial charge in [0.1, 0.15) is 5.75 Å². The van der Waals surface area contributed by atoms with Crippen LogP contribution in [0.5, 0.6) is 5.75 Å². The number of aromatic nitrogens is 2. The molecule has 7 nitrogen and oxygen atoms in total. The van der Waals surface area contributed by atoms with Gasteiger partial charge in [-0.05, 0) is 58.1 Å². The molecule has 2 aromatic rings. The number of aliphatic imine (C=N–C) groups is 1. The van der Waals surface area contributed by atoms with E-state index in [0.29, 0.717) is 37.3 Å². The molecule has 0 saturated heterocycles. The molecule has 1 aromatic heterocycles. The van der Waals surface area contributed by atoms with Crippen molar-refractivity contribution in [1.29, 1.82) is 0 Å². The molecule has 2 N–H and O–H groups in total. The summed E-state index contributed by atoms with van der Waals surface area (Å²) in [4.78, 5) is 8.95. The van der Waals surface area contributed by atoms with Crippen molar-refractivity contribution in [2.24, 2.45) is 4.99 Å². The van der Waals surface area contributed by atoms with E-state index in [-0.39, 0.29) is 24.0 Å². The Bertz CT molecular complexity index is 787. The predicted octanol–water partition coefficient (Wildman–Crippen LogP) is 3.92. The number of nitrogens with one attached hydrogen (secondary N) is 2. The van der Waals surface area contributed by atoms with Gasteiger partial charge in [-0.3, -0.25) is 0 Å². The van der Waals surface area contributed by atoms with Crippen molar-refractivity contribution in [3.63, 3.8) is 0 Å². The second kappa shape index (κ2) is 12.0. The van der Waals surface area contributed by atoms with Gasteiger partial charge in [0.25, 0.3) is 0 Å². The quantitative estimate of drug-likeness (QED) is 0.316. The smallest absolute Gasteiger partial charge is 0.228 e. The minimum absolute atomic E-state index is 0. The van der Waals surface area contributed by atoms with Crippen molar-refractivity contribution in [2.45, 2.75) is 65.5 Å². The van der Waals surface area contributed by atoms with E-state index in [0.717, 1.165) is 36.7 Å². The summed E-state index contributed by atoms with van der Waals surface area (Å²) in [5, 5.41) is 10.4. The number of ether oxygens (including phenoxy) is 1. The van der Waals surface area contributed by atoms with Gasteiger partial charge in [-0.25, -0.2) is 4.99 Å². The van der Waals surface area contributed by atoms with Crippen LogP contribution >= 0.6 is 24.0 Å². The highest BCUT2D eigenvalue weighted by Crippen LogP contribution is 2.28. The van der Waals surface area contributed by atoms with Gasteiger partial charge >= 0.3 is 0 Å². The van der Waals surface area contributed by atoms with Gasteiger partial charge in [-0.15, -0.1) is 24.0 Å². The molecule has 0 amide bonds. The molecule has 1 heterocycles. The molecule has 0 bridgehead atoms. The van der Waals surface area contributed by atoms with Crippen LogP contribution in [0.25, 0.3) is 0 Å². The first kappa shape index (κ1) is 23.4. The summed E-state index contributed by atoms with van der Waals surface area (Å²) < 4.78 is 11.4. The van der Waals surface area contributed by atoms with Gasteiger partial charge in [0.2, 0.25) is 5.89 Å². The van der Waals surface area contributed by atoms with E-state index in [1.54, 1.807) is 0 Å². The average molecular weight is 513 g/mol. The Kier molecular flexibility index (Phi) is 9.69. The van der Waals surface area contributed by atoms with Crippen LogP contribution < -0.4 is 15.4 Å². The highest BCUT2D eigenvalue weighted by Gasteiger charge is 2.18. The molecule has 8 heteroatoms. The predicted molar refractivity (Wildman–Crippen MR) is 125 cm³/mol. The van der Waals surface area contributed by atoms with E-state index >= 15 is 0 Å². The lowest BCUT2D eigenvalue weighted by molar-refractivity contribution is 0.208. The molecule has 0 spiro atoms.